The maximum absolute atomic E-state index is 5.24. The third-order valence-corrected chi connectivity index (χ3v) is 3.94. The van der Waals surface area contributed by atoms with Crippen molar-refractivity contribution in [3.63, 3.8) is 0 Å². The zero-order valence-electron chi connectivity index (χ0n) is 10.0. The van der Waals surface area contributed by atoms with E-state index in [0.717, 1.165) is 18.6 Å². The fourth-order valence-electron chi connectivity index (χ4n) is 2.96. The number of hydrogen-bond donors (Lipinski definition) is 1. The van der Waals surface area contributed by atoms with Crippen molar-refractivity contribution in [2.24, 2.45) is 5.92 Å². The zero-order valence-corrected chi connectivity index (χ0v) is 10.0. The molecule has 15 heavy (non-hydrogen) atoms. The minimum absolute atomic E-state index is 0.548. The second kappa shape index (κ2) is 5.28. The van der Waals surface area contributed by atoms with Gasteiger partial charge in [-0.3, -0.25) is 0 Å². The van der Waals surface area contributed by atoms with Gasteiger partial charge in [-0.2, -0.15) is 0 Å². The predicted molar refractivity (Wildman–Crippen MR) is 62.0 cm³/mol. The van der Waals surface area contributed by atoms with Crippen LogP contribution in [0.2, 0.25) is 0 Å². The van der Waals surface area contributed by atoms with Gasteiger partial charge in [0.25, 0.3) is 0 Å². The van der Waals surface area contributed by atoms with Crippen LogP contribution in [0.4, 0.5) is 0 Å². The molecule has 1 N–H and O–H groups in total. The summed E-state index contributed by atoms with van der Waals surface area (Å²) < 4.78 is 5.24. The molecular formula is C12H24N2O. The fraction of sp³-hybridized carbons (Fsp3) is 1.00. The van der Waals surface area contributed by atoms with E-state index in [4.69, 9.17) is 4.74 Å². The lowest BCUT2D eigenvalue weighted by atomic mass is 9.93. The Labute approximate surface area is 93.2 Å². The van der Waals surface area contributed by atoms with Crippen LogP contribution in [0.1, 0.15) is 26.2 Å². The molecule has 0 aromatic carbocycles. The Morgan fingerprint density at radius 2 is 2.20 bits per heavy atom. The maximum Gasteiger partial charge on any atom is 0.0615 e. The topological polar surface area (TPSA) is 24.5 Å². The second-order valence-electron chi connectivity index (χ2n) is 4.97. The highest BCUT2D eigenvalue weighted by molar-refractivity contribution is 4.91. The van der Waals surface area contributed by atoms with Crippen LogP contribution in [0, 0.1) is 5.92 Å². The molecule has 0 spiro atoms. The van der Waals surface area contributed by atoms with Crippen LogP contribution in [0.5, 0.6) is 0 Å². The first-order valence-corrected chi connectivity index (χ1v) is 6.30. The highest BCUT2D eigenvalue weighted by atomic mass is 16.5. The molecule has 0 aliphatic carbocycles. The third-order valence-electron chi connectivity index (χ3n) is 3.94. The maximum atomic E-state index is 5.24. The molecule has 0 aromatic rings. The Hall–Kier alpha value is -0.120. The smallest absolute Gasteiger partial charge is 0.0615 e. The van der Waals surface area contributed by atoms with E-state index < -0.39 is 0 Å². The van der Waals surface area contributed by atoms with Gasteiger partial charge in [-0.1, -0.05) is 6.92 Å². The van der Waals surface area contributed by atoms with Gasteiger partial charge in [-0.05, 0) is 38.3 Å². The number of piperidine rings is 1. The van der Waals surface area contributed by atoms with E-state index in [2.05, 4.69) is 17.1 Å². The van der Waals surface area contributed by atoms with E-state index in [1.807, 2.05) is 0 Å². The molecule has 4 atom stereocenters. The molecule has 88 valence electrons. The van der Waals surface area contributed by atoms with Gasteiger partial charge >= 0.3 is 0 Å². The minimum Gasteiger partial charge on any atom is -0.383 e. The Morgan fingerprint density at radius 3 is 2.93 bits per heavy atom. The third kappa shape index (κ3) is 2.71. The molecule has 2 fully saturated rings. The number of methoxy groups -OCH3 is 1. The lowest BCUT2D eigenvalue weighted by Crippen LogP contribution is -2.49. The van der Waals surface area contributed by atoms with Crippen LogP contribution in [-0.4, -0.2) is 50.3 Å². The lowest BCUT2D eigenvalue weighted by molar-refractivity contribution is 0.139. The van der Waals surface area contributed by atoms with Crippen molar-refractivity contribution in [1.29, 1.82) is 0 Å². The number of rotatable bonds is 5. The summed E-state index contributed by atoms with van der Waals surface area (Å²) in [4.78, 5) is 2.60. The van der Waals surface area contributed by atoms with E-state index >= 15 is 0 Å². The van der Waals surface area contributed by atoms with Crippen molar-refractivity contribution in [1.82, 2.24) is 10.2 Å². The van der Waals surface area contributed by atoms with E-state index in [9.17, 15) is 0 Å². The average molecular weight is 212 g/mol. The standard InChI is InChI=1S/C12H24N2O/c1-3-11(9-15-2)13-12-5-7-14-6-4-10(12)8-14/h10-13H,3-9H2,1-2H3. The first kappa shape index (κ1) is 11.4. The van der Waals surface area contributed by atoms with Crippen molar-refractivity contribution < 1.29 is 4.74 Å². The number of fused-ring (bicyclic) bond motifs is 2. The molecule has 3 heteroatoms. The van der Waals surface area contributed by atoms with Gasteiger partial charge < -0.3 is 15.0 Å². The summed E-state index contributed by atoms with van der Waals surface area (Å²) in [6, 6.07) is 1.29. The molecule has 3 nitrogen and oxygen atoms in total. The summed E-state index contributed by atoms with van der Waals surface area (Å²) in [5.41, 5.74) is 0. The Bertz CT molecular complexity index is 198. The van der Waals surface area contributed by atoms with E-state index in [-0.39, 0.29) is 0 Å². The Morgan fingerprint density at radius 1 is 1.40 bits per heavy atom. The van der Waals surface area contributed by atoms with Gasteiger partial charge in [0.1, 0.15) is 0 Å². The first-order valence-electron chi connectivity index (χ1n) is 6.30. The molecule has 2 bridgehead atoms. The number of ether oxygens (including phenoxy) is 1. The van der Waals surface area contributed by atoms with Crippen LogP contribution in [0.3, 0.4) is 0 Å². The lowest BCUT2D eigenvalue weighted by Gasteiger charge is -2.33. The normalized spacial score (nSPS) is 36.8. The number of nitrogens with zero attached hydrogens (tertiary/aromatic N) is 1. The van der Waals surface area contributed by atoms with E-state index in [1.54, 1.807) is 7.11 Å². The van der Waals surface area contributed by atoms with Crippen LogP contribution in [0.15, 0.2) is 0 Å². The SMILES string of the molecule is CCC(COC)NC1CCN2CCC1C2. The van der Waals surface area contributed by atoms with Gasteiger partial charge in [-0.15, -0.1) is 0 Å². The molecule has 0 radical (unpaired) electrons. The summed E-state index contributed by atoms with van der Waals surface area (Å²) in [5, 5.41) is 3.78. The molecule has 0 amide bonds. The van der Waals surface area contributed by atoms with E-state index in [1.165, 1.54) is 38.9 Å². The molecule has 2 saturated heterocycles. The number of nitrogens with one attached hydrogen (secondary N) is 1. The Balaban J connectivity index is 1.82. The van der Waals surface area contributed by atoms with Gasteiger partial charge in [0.2, 0.25) is 0 Å². The van der Waals surface area contributed by atoms with Gasteiger partial charge in [0, 0.05) is 25.7 Å². The second-order valence-corrected chi connectivity index (χ2v) is 4.97. The van der Waals surface area contributed by atoms with Crippen molar-refractivity contribution >= 4 is 0 Å². The van der Waals surface area contributed by atoms with Crippen molar-refractivity contribution in [2.75, 3.05) is 33.4 Å². The zero-order chi connectivity index (χ0) is 10.7. The summed E-state index contributed by atoms with van der Waals surface area (Å²) in [6.45, 7) is 7.02. The molecule has 2 rings (SSSR count). The summed E-state index contributed by atoms with van der Waals surface area (Å²) >= 11 is 0. The van der Waals surface area contributed by atoms with Crippen molar-refractivity contribution in [3.8, 4) is 0 Å². The monoisotopic (exact) mass is 212 g/mol. The fourth-order valence-corrected chi connectivity index (χ4v) is 2.96. The first-order chi connectivity index (χ1) is 7.33. The molecular weight excluding hydrogens is 188 g/mol. The van der Waals surface area contributed by atoms with Gasteiger partial charge in [-0.25, -0.2) is 0 Å². The highest BCUT2D eigenvalue weighted by Gasteiger charge is 2.34. The van der Waals surface area contributed by atoms with Crippen LogP contribution < -0.4 is 5.32 Å². The molecule has 0 saturated carbocycles. The average Bonchev–Trinajstić information content (AvgIpc) is 2.64. The van der Waals surface area contributed by atoms with Crippen molar-refractivity contribution in [2.45, 2.75) is 38.3 Å². The summed E-state index contributed by atoms with van der Waals surface area (Å²) in [7, 11) is 1.79. The van der Waals surface area contributed by atoms with Crippen molar-refractivity contribution in [3.05, 3.63) is 0 Å². The summed E-state index contributed by atoms with van der Waals surface area (Å²) in [6.07, 6.45) is 3.88. The van der Waals surface area contributed by atoms with E-state index in [0.29, 0.717) is 6.04 Å². The number of hydrogen-bond acceptors (Lipinski definition) is 3. The highest BCUT2D eigenvalue weighted by Crippen LogP contribution is 2.27. The summed E-state index contributed by atoms with van der Waals surface area (Å²) in [5.74, 6) is 0.893. The minimum atomic E-state index is 0.548. The molecule has 2 heterocycles. The predicted octanol–water partition coefficient (Wildman–Crippen LogP) is 1.10. The molecule has 0 aromatic heterocycles. The molecule has 2 aliphatic rings. The van der Waals surface area contributed by atoms with Crippen LogP contribution in [-0.2, 0) is 4.74 Å². The molecule has 2 aliphatic heterocycles. The quantitative estimate of drug-likeness (QED) is 0.738. The van der Waals surface area contributed by atoms with Crippen LogP contribution >= 0.6 is 0 Å². The van der Waals surface area contributed by atoms with Crippen LogP contribution in [0.25, 0.3) is 0 Å². The van der Waals surface area contributed by atoms with Gasteiger partial charge in [0.05, 0.1) is 6.61 Å². The molecule has 4 unspecified atom stereocenters. The Kier molecular flexibility index (Phi) is 4.00. The van der Waals surface area contributed by atoms with Gasteiger partial charge in [0.15, 0.2) is 0 Å². The largest absolute Gasteiger partial charge is 0.383 e.